The standard InChI is InChI=1S/C11H15IN2O3/c12-10-8(13-14-4-6-16-11(10)14)7-17-9-3-1-2-5-15-9/h9H,1-7H2. The van der Waals surface area contributed by atoms with Crippen LogP contribution in [0, 0.1) is 3.57 Å². The van der Waals surface area contributed by atoms with Crippen LogP contribution in [0.25, 0.3) is 0 Å². The Hall–Kier alpha value is -0.340. The number of rotatable bonds is 3. The van der Waals surface area contributed by atoms with E-state index in [9.17, 15) is 0 Å². The Morgan fingerprint density at radius 3 is 3.12 bits per heavy atom. The van der Waals surface area contributed by atoms with Gasteiger partial charge < -0.3 is 14.2 Å². The Labute approximate surface area is 114 Å². The predicted octanol–water partition coefficient (Wildman–Crippen LogP) is 1.92. The summed E-state index contributed by atoms with van der Waals surface area (Å²) in [7, 11) is 0. The van der Waals surface area contributed by atoms with Crippen LogP contribution in [0.1, 0.15) is 25.0 Å². The van der Waals surface area contributed by atoms with Crippen molar-refractivity contribution in [3.63, 3.8) is 0 Å². The van der Waals surface area contributed by atoms with Gasteiger partial charge in [-0.3, -0.25) is 0 Å². The first kappa shape index (κ1) is 11.7. The first-order valence-electron chi connectivity index (χ1n) is 5.96. The summed E-state index contributed by atoms with van der Waals surface area (Å²) in [6, 6.07) is 0. The van der Waals surface area contributed by atoms with E-state index < -0.39 is 0 Å². The average molecular weight is 350 g/mol. The molecule has 0 saturated carbocycles. The number of hydrogen-bond donors (Lipinski definition) is 0. The maximum atomic E-state index is 5.73. The van der Waals surface area contributed by atoms with E-state index in [0.717, 1.165) is 47.7 Å². The molecule has 6 heteroatoms. The molecule has 3 heterocycles. The highest BCUT2D eigenvalue weighted by Gasteiger charge is 2.23. The lowest BCUT2D eigenvalue weighted by Crippen LogP contribution is -2.22. The lowest BCUT2D eigenvalue weighted by atomic mass is 10.2. The molecule has 1 atom stereocenters. The molecule has 0 spiro atoms. The molecule has 2 aliphatic rings. The van der Waals surface area contributed by atoms with Gasteiger partial charge in [-0.05, 0) is 41.9 Å². The van der Waals surface area contributed by atoms with Crippen molar-refractivity contribution in [1.29, 1.82) is 0 Å². The second-order valence-electron chi connectivity index (χ2n) is 4.24. The fraction of sp³-hybridized carbons (Fsp3) is 0.727. The third-order valence-electron chi connectivity index (χ3n) is 3.00. The Balaban J connectivity index is 1.61. The van der Waals surface area contributed by atoms with Crippen molar-refractivity contribution < 1.29 is 14.2 Å². The van der Waals surface area contributed by atoms with Gasteiger partial charge in [-0.1, -0.05) is 0 Å². The van der Waals surface area contributed by atoms with Gasteiger partial charge in [0.1, 0.15) is 15.9 Å². The van der Waals surface area contributed by atoms with Crippen LogP contribution in [-0.4, -0.2) is 29.3 Å². The zero-order valence-electron chi connectivity index (χ0n) is 9.52. The smallest absolute Gasteiger partial charge is 0.226 e. The molecular weight excluding hydrogens is 335 g/mol. The fourth-order valence-corrected chi connectivity index (χ4v) is 2.79. The summed E-state index contributed by atoms with van der Waals surface area (Å²) in [4.78, 5) is 0. The molecule has 0 N–H and O–H groups in total. The molecule has 1 fully saturated rings. The Kier molecular flexibility index (Phi) is 3.53. The van der Waals surface area contributed by atoms with Gasteiger partial charge in [0.25, 0.3) is 0 Å². The van der Waals surface area contributed by atoms with Crippen molar-refractivity contribution in [2.45, 2.75) is 38.7 Å². The van der Waals surface area contributed by atoms with Gasteiger partial charge >= 0.3 is 0 Å². The quantitative estimate of drug-likeness (QED) is 0.782. The van der Waals surface area contributed by atoms with Gasteiger partial charge in [-0.15, -0.1) is 0 Å². The van der Waals surface area contributed by atoms with Gasteiger partial charge in [0.05, 0.1) is 13.2 Å². The summed E-state index contributed by atoms with van der Waals surface area (Å²) in [5.41, 5.74) is 0.953. The third kappa shape index (κ3) is 2.43. The highest BCUT2D eigenvalue weighted by atomic mass is 127. The van der Waals surface area contributed by atoms with E-state index in [0.29, 0.717) is 6.61 Å². The lowest BCUT2D eigenvalue weighted by Gasteiger charge is -2.22. The highest BCUT2D eigenvalue weighted by molar-refractivity contribution is 14.1. The molecule has 0 aromatic carbocycles. The molecule has 1 aromatic rings. The normalized spacial score (nSPS) is 23.5. The maximum absolute atomic E-state index is 5.73. The van der Waals surface area contributed by atoms with Crippen LogP contribution in [-0.2, 0) is 22.6 Å². The second kappa shape index (κ2) is 5.11. The van der Waals surface area contributed by atoms with E-state index in [1.54, 1.807) is 0 Å². The van der Waals surface area contributed by atoms with Gasteiger partial charge in [0.2, 0.25) is 5.88 Å². The van der Waals surface area contributed by atoms with Gasteiger partial charge in [0.15, 0.2) is 6.29 Å². The monoisotopic (exact) mass is 350 g/mol. The Bertz CT molecular complexity index is 402. The van der Waals surface area contributed by atoms with Crippen LogP contribution in [0.15, 0.2) is 0 Å². The molecule has 1 aromatic heterocycles. The molecule has 94 valence electrons. The molecule has 0 aliphatic carbocycles. The zero-order chi connectivity index (χ0) is 11.7. The number of fused-ring (bicyclic) bond motifs is 1. The lowest BCUT2D eigenvalue weighted by molar-refractivity contribution is -0.169. The summed E-state index contributed by atoms with van der Waals surface area (Å²) >= 11 is 2.27. The molecule has 5 nitrogen and oxygen atoms in total. The van der Waals surface area contributed by atoms with E-state index in [1.807, 2.05) is 4.68 Å². The average Bonchev–Trinajstić information content (AvgIpc) is 2.92. The first-order chi connectivity index (χ1) is 8.34. The largest absolute Gasteiger partial charge is 0.475 e. The molecule has 1 unspecified atom stereocenters. The fourth-order valence-electron chi connectivity index (χ4n) is 2.10. The number of aromatic nitrogens is 2. The molecule has 0 radical (unpaired) electrons. The third-order valence-corrected chi connectivity index (χ3v) is 4.09. The van der Waals surface area contributed by atoms with Crippen molar-refractivity contribution in [2.24, 2.45) is 0 Å². The Morgan fingerprint density at radius 2 is 2.35 bits per heavy atom. The van der Waals surface area contributed by atoms with Crippen LogP contribution in [0.5, 0.6) is 5.88 Å². The molecule has 2 aliphatic heterocycles. The number of hydrogen-bond acceptors (Lipinski definition) is 4. The van der Waals surface area contributed by atoms with Crippen molar-refractivity contribution in [2.75, 3.05) is 13.2 Å². The highest BCUT2D eigenvalue weighted by Crippen LogP contribution is 2.28. The van der Waals surface area contributed by atoms with Crippen LogP contribution in [0.4, 0.5) is 0 Å². The summed E-state index contributed by atoms with van der Waals surface area (Å²) < 4.78 is 19.7. The molecule has 17 heavy (non-hydrogen) atoms. The van der Waals surface area contributed by atoms with E-state index in [1.165, 1.54) is 6.42 Å². The Morgan fingerprint density at radius 1 is 1.41 bits per heavy atom. The predicted molar refractivity (Wildman–Crippen MR) is 68.8 cm³/mol. The summed E-state index contributed by atoms with van der Waals surface area (Å²) in [5, 5.41) is 4.48. The van der Waals surface area contributed by atoms with Crippen molar-refractivity contribution in [1.82, 2.24) is 9.78 Å². The van der Waals surface area contributed by atoms with E-state index >= 15 is 0 Å². The number of ether oxygens (including phenoxy) is 3. The maximum Gasteiger partial charge on any atom is 0.226 e. The topological polar surface area (TPSA) is 45.5 Å². The van der Waals surface area contributed by atoms with Gasteiger partial charge in [-0.2, -0.15) is 5.10 Å². The minimum atomic E-state index is -0.0583. The number of nitrogens with zero attached hydrogens (tertiary/aromatic N) is 2. The second-order valence-corrected chi connectivity index (χ2v) is 5.32. The SMILES string of the molecule is Ic1c(COC2CCCCO2)nn2c1OCC2. The van der Waals surface area contributed by atoms with Crippen molar-refractivity contribution in [3.8, 4) is 5.88 Å². The summed E-state index contributed by atoms with van der Waals surface area (Å²) in [6.07, 6.45) is 3.26. The number of halogens is 1. The van der Waals surface area contributed by atoms with Crippen LogP contribution < -0.4 is 4.74 Å². The van der Waals surface area contributed by atoms with Gasteiger partial charge in [-0.25, -0.2) is 4.68 Å². The molecule has 0 amide bonds. The first-order valence-corrected chi connectivity index (χ1v) is 7.03. The molecule has 3 rings (SSSR count). The van der Waals surface area contributed by atoms with E-state index in [4.69, 9.17) is 14.2 Å². The van der Waals surface area contributed by atoms with Crippen LogP contribution >= 0.6 is 22.6 Å². The van der Waals surface area contributed by atoms with Crippen molar-refractivity contribution >= 4 is 22.6 Å². The van der Waals surface area contributed by atoms with Crippen LogP contribution in [0.3, 0.4) is 0 Å². The summed E-state index contributed by atoms with van der Waals surface area (Å²) in [6.45, 7) is 2.88. The minimum absolute atomic E-state index is 0.0583. The summed E-state index contributed by atoms with van der Waals surface area (Å²) in [5.74, 6) is 0.883. The van der Waals surface area contributed by atoms with E-state index in [-0.39, 0.29) is 6.29 Å². The van der Waals surface area contributed by atoms with Gasteiger partial charge in [0, 0.05) is 6.61 Å². The zero-order valence-corrected chi connectivity index (χ0v) is 11.7. The molecular formula is C11H15IN2O3. The molecule has 1 saturated heterocycles. The van der Waals surface area contributed by atoms with E-state index in [2.05, 4.69) is 27.7 Å². The molecule has 0 bridgehead atoms. The van der Waals surface area contributed by atoms with Crippen molar-refractivity contribution in [3.05, 3.63) is 9.26 Å². The minimum Gasteiger partial charge on any atom is -0.475 e. The van der Waals surface area contributed by atoms with Crippen LogP contribution in [0.2, 0.25) is 0 Å².